The highest BCUT2D eigenvalue weighted by molar-refractivity contribution is 6.32. The van der Waals surface area contributed by atoms with E-state index in [1.54, 1.807) is 7.05 Å². The lowest BCUT2D eigenvalue weighted by Gasteiger charge is -1.91. The van der Waals surface area contributed by atoms with Crippen molar-refractivity contribution in [1.29, 1.82) is 0 Å². The normalized spacial score (nSPS) is 10.2. The number of carbonyl (C=O) groups is 1. The van der Waals surface area contributed by atoms with Crippen LogP contribution in [0.4, 0.5) is 0 Å². The molecule has 0 fully saturated rings. The summed E-state index contributed by atoms with van der Waals surface area (Å²) in [5.74, 6) is -1.02. The fraction of sp³-hybridized carbons (Fsp3) is 0.429. The summed E-state index contributed by atoms with van der Waals surface area (Å²) in [5.41, 5.74) is 0.636. The van der Waals surface area contributed by atoms with Crippen LogP contribution in [0, 0.1) is 0 Å². The first-order valence-electron chi connectivity index (χ1n) is 3.52. The molecule has 0 unspecified atom stereocenters. The van der Waals surface area contributed by atoms with Gasteiger partial charge in [-0.25, -0.2) is 4.79 Å². The molecule has 1 N–H and O–H groups in total. The third-order valence-corrected chi connectivity index (χ3v) is 2.03. The summed E-state index contributed by atoms with van der Waals surface area (Å²) >= 11 is 5.71. The van der Waals surface area contributed by atoms with Crippen molar-refractivity contribution in [3.05, 3.63) is 16.4 Å². The molecule has 0 aromatic carbocycles. The summed E-state index contributed by atoms with van der Waals surface area (Å²) in [5, 5.41) is 12.9. The van der Waals surface area contributed by atoms with E-state index in [1.165, 1.54) is 4.68 Å². The second-order valence-electron chi connectivity index (χ2n) is 2.39. The van der Waals surface area contributed by atoms with Gasteiger partial charge in [0.1, 0.15) is 10.7 Å². The predicted octanol–water partition coefficient (Wildman–Crippen LogP) is 1.33. The average molecular weight is 189 g/mol. The molecule has 0 atom stereocenters. The maximum Gasteiger partial charge on any atom is 0.340 e. The zero-order valence-corrected chi connectivity index (χ0v) is 7.59. The molecule has 1 aromatic rings. The molecule has 0 aliphatic carbocycles. The molecule has 0 radical (unpaired) electrons. The van der Waals surface area contributed by atoms with E-state index in [-0.39, 0.29) is 10.7 Å². The van der Waals surface area contributed by atoms with Crippen molar-refractivity contribution in [2.75, 3.05) is 0 Å². The lowest BCUT2D eigenvalue weighted by Crippen LogP contribution is -1.99. The Morgan fingerprint density at radius 3 is 2.67 bits per heavy atom. The predicted molar refractivity (Wildman–Crippen MR) is 44.6 cm³/mol. The zero-order chi connectivity index (χ0) is 9.30. The Balaban J connectivity index is 3.31. The van der Waals surface area contributed by atoms with Gasteiger partial charge in [0.25, 0.3) is 0 Å². The maximum atomic E-state index is 10.7. The van der Waals surface area contributed by atoms with Crippen LogP contribution in [0.2, 0.25) is 5.15 Å². The van der Waals surface area contributed by atoms with Gasteiger partial charge in [0.05, 0.1) is 5.69 Å². The summed E-state index contributed by atoms with van der Waals surface area (Å²) in [4.78, 5) is 10.7. The number of hydrogen-bond donors (Lipinski definition) is 1. The fourth-order valence-corrected chi connectivity index (χ4v) is 1.24. The van der Waals surface area contributed by atoms with E-state index in [2.05, 4.69) is 5.10 Å². The summed E-state index contributed by atoms with van der Waals surface area (Å²) in [6.45, 7) is 1.84. The van der Waals surface area contributed by atoms with Crippen molar-refractivity contribution in [1.82, 2.24) is 9.78 Å². The summed E-state index contributed by atoms with van der Waals surface area (Å²) in [6, 6.07) is 0. The third kappa shape index (κ3) is 1.30. The minimum absolute atomic E-state index is 0.113. The van der Waals surface area contributed by atoms with E-state index in [0.29, 0.717) is 12.1 Å². The standard InChI is InChI=1S/C7H9ClN2O2/c1-3-4-5(7(11)12)6(8)10(2)9-4/h3H2,1-2H3,(H,11,12). The number of carboxylic acid groups (broad SMARTS) is 1. The highest BCUT2D eigenvalue weighted by Crippen LogP contribution is 2.19. The van der Waals surface area contributed by atoms with Crippen LogP contribution in [0.15, 0.2) is 0 Å². The molecule has 0 saturated heterocycles. The van der Waals surface area contributed by atoms with Gasteiger partial charge < -0.3 is 5.11 Å². The third-order valence-electron chi connectivity index (χ3n) is 1.60. The number of carboxylic acids is 1. The molecule has 0 aliphatic heterocycles. The SMILES string of the molecule is CCc1nn(C)c(Cl)c1C(=O)O. The van der Waals surface area contributed by atoms with E-state index < -0.39 is 5.97 Å². The molecule has 1 aromatic heterocycles. The molecule has 0 bridgehead atoms. The van der Waals surface area contributed by atoms with E-state index in [9.17, 15) is 4.79 Å². The van der Waals surface area contributed by atoms with Gasteiger partial charge in [-0.2, -0.15) is 5.10 Å². The molecule has 0 amide bonds. The van der Waals surface area contributed by atoms with Crippen LogP contribution >= 0.6 is 11.6 Å². The van der Waals surface area contributed by atoms with Crippen molar-refractivity contribution < 1.29 is 9.90 Å². The molecule has 66 valence electrons. The molecular weight excluding hydrogens is 180 g/mol. The highest BCUT2D eigenvalue weighted by atomic mass is 35.5. The van der Waals surface area contributed by atoms with Crippen LogP contribution in [0.1, 0.15) is 23.0 Å². The Kier molecular flexibility index (Phi) is 2.38. The summed E-state index contributed by atoms with van der Waals surface area (Å²) in [7, 11) is 1.62. The Morgan fingerprint density at radius 2 is 2.33 bits per heavy atom. The van der Waals surface area contributed by atoms with Gasteiger partial charge in [0, 0.05) is 7.05 Å². The van der Waals surface area contributed by atoms with Gasteiger partial charge in [-0.3, -0.25) is 4.68 Å². The van der Waals surface area contributed by atoms with Crippen LogP contribution in [0.3, 0.4) is 0 Å². The van der Waals surface area contributed by atoms with E-state index in [1.807, 2.05) is 6.92 Å². The van der Waals surface area contributed by atoms with Crippen molar-refractivity contribution in [2.24, 2.45) is 7.05 Å². The molecule has 1 heterocycles. The number of hydrogen-bond acceptors (Lipinski definition) is 2. The second kappa shape index (κ2) is 3.15. The highest BCUT2D eigenvalue weighted by Gasteiger charge is 2.18. The molecule has 0 aliphatic rings. The molecule has 4 nitrogen and oxygen atoms in total. The topological polar surface area (TPSA) is 55.1 Å². The van der Waals surface area contributed by atoms with Crippen molar-refractivity contribution >= 4 is 17.6 Å². The quantitative estimate of drug-likeness (QED) is 0.762. The van der Waals surface area contributed by atoms with Gasteiger partial charge in [0.15, 0.2) is 0 Å². The average Bonchev–Trinajstić information content (AvgIpc) is 2.28. The minimum atomic E-state index is -1.02. The molecule has 12 heavy (non-hydrogen) atoms. The van der Waals surface area contributed by atoms with E-state index >= 15 is 0 Å². The first-order chi connectivity index (χ1) is 5.57. The van der Waals surface area contributed by atoms with Crippen molar-refractivity contribution in [2.45, 2.75) is 13.3 Å². The molecule has 0 saturated carbocycles. The van der Waals surface area contributed by atoms with Crippen LogP contribution in [-0.2, 0) is 13.5 Å². The number of nitrogens with zero attached hydrogens (tertiary/aromatic N) is 2. The van der Waals surface area contributed by atoms with Crippen LogP contribution in [-0.4, -0.2) is 20.9 Å². The molecule has 5 heteroatoms. The number of aryl methyl sites for hydroxylation is 2. The molecule has 1 rings (SSSR count). The van der Waals surface area contributed by atoms with Gasteiger partial charge in [0.2, 0.25) is 0 Å². The number of aromatic nitrogens is 2. The van der Waals surface area contributed by atoms with E-state index in [0.717, 1.165) is 0 Å². The van der Waals surface area contributed by atoms with Gasteiger partial charge >= 0.3 is 5.97 Å². The Bertz CT molecular complexity index is 319. The summed E-state index contributed by atoms with van der Waals surface area (Å²) in [6.07, 6.45) is 0.572. The minimum Gasteiger partial charge on any atom is -0.478 e. The van der Waals surface area contributed by atoms with Crippen LogP contribution in [0.25, 0.3) is 0 Å². The van der Waals surface area contributed by atoms with Crippen LogP contribution in [0.5, 0.6) is 0 Å². The molecule has 0 spiro atoms. The maximum absolute atomic E-state index is 10.7. The summed E-state index contributed by atoms with van der Waals surface area (Å²) < 4.78 is 1.36. The zero-order valence-electron chi connectivity index (χ0n) is 6.83. The van der Waals surface area contributed by atoms with Gasteiger partial charge in [-0.15, -0.1) is 0 Å². The van der Waals surface area contributed by atoms with Crippen molar-refractivity contribution in [3.8, 4) is 0 Å². The van der Waals surface area contributed by atoms with E-state index in [4.69, 9.17) is 16.7 Å². The fourth-order valence-electron chi connectivity index (χ4n) is 1.01. The Labute approximate surface area is 74.8 Å². The van der Waals surface area contributed by atoms with Gasteiger partial charge in [-0.1, -0.05) is 18.5 Å². The number of aromatic carboxylic acids is 1. The van der Waals surface area contributed by atoms with Gasteiger partial charge in [-0.05, 0) is 6.42 Å². The Hall–Kier alpha value is -1.03. The van der Waals surface area contributed by atoms with Crippen LogP contribution < -0.4 is 0 Å². The first kappa shape index (κ1) is 9.06. The monoisotopic (exact) mass is 188 g/mol. The number of halogens is 1. The number of rotatable bonds is 2. The molecular formula is C7H9ClN2O2. The van der Waals surface area contributed by atoms with Crippen molar-refractivity contribution in [3.63, 3.8) is 0 Å². The Morgan fingerprint density at radius 1 is 1.75 bits per heavy atom. The first-order valence-corrected chi connectivity index (χ1v) is 3.90. The largest absolute Gasteiger partial charge is 0.478 e. The lowest BCUT2D eigenvalue weighted by atomic mass is 10.2. The lowest BCUT2D eigenvalue weighted by molar-refractivity contribution is 0.0696. The second-order valence-corrected chi connectivity index (χ2v) is 2.75. The smallest absolute Gasteiger partial charge is 0.340 e.